The summed E-state index contributed by atoms with van der Waals surface area (Å²) >= 11 is 0. The molecule has 0 spiro atoms. The number of benzene rings is 1. The first kappa shape index (κ1) is 11.4. The maximum atomic E-state index is 8.75. The highest BCUT2D eigenvalue weighted by Crippen LogP contribution is 2.18. The van der Waals surface area contributed by atoms with Crippen LogP contribution in [0.1, 0.15) is 30.6 Å². The lowest BCUT2D eigenvalue weighted by molar-refractivity contribution is 0.660. The maximum absolute atomic E-state index is 8.75. The van der Waals surface area contributed by atoms with E-state index < -0.39 is 0 Å². The van der Waals surface area contributed by atoms with Crippen LogP contribution in [0.2, 0.25) is 0 Å². The van der Waals surface area contributed by atoms with Crippen LogP contribution < -0.4 is 5.73 Å². The van der Waals surface area contributed by atoms with E-state index >= 15 is 0 Å². The third-order valence-corrected chi connectivity index (χ3v) is 2.76. The smallest absolute Gasteiger partial charge is 0.0994 e. The van der Waals surface area contributed by atoms with Crippen LogP contribution in [-0.4, -0.2) is 9.55 Å². The van der Waals surface area contributed by atoms with Crippen molar-refractivity contribution < 1.29 is 0 Å². The minimum Gasteiger partial charge on any atom is -0.323 e. The average molecular weight is 226 g/mol. The molecule has 17 heavy (non-hydrogen) atoms. The lowest BCUT2D eigenvalue weighted by Gasteiger charge is -2.12. The van der Waals surface area contributed by atoms with Crippen molar-refractivity contribution in [3.8, 4) is 11.8 Å². The Bertz CT molecular complexity index is 533. The molecule has 0 aliphatic carbocycles. The summed E-state index contributed by atoms with van der Waals surface area (Å²) in [5, 5.41) is 8.75. The molecule has 0 aliphatic rings. The Balaban J connectivity index is 2.40. The summed E-state index contributed by atoms with van der Waals surface area (Å²) < 4.78 is 1.95. The molecule has 2 N–H and O–H groups in total. The monoisotopic (exact) mass is 226 g/mol. The summed E-state index contributed by atoms with van der Waals surface area (Å²) in [5.74, 6) is 0. The highest BCUT2D eigenvalue weighted by Gasteiger charge is 2.10. The molecule has 0 aliphatic heterocycles. The fourth-order valence-electron chi connectivity index (χ4n) is 1.70. The summed E-state index contributed by atoms with van der Waals surface area (Å²) in [5.41, 5.74) is 8.62. The van der Waals surface area contributed by atoms with Crippen molar-refractivity contribution in [3.63, 3.8) is 0 Å². The highest BCUT2D eigenvalue weighted by atomic mass is 15.1. The predicted octanol–water partition coefficient (Wildman–Crippen LogP) is 2.15. The molecule has 2 rings (SSSR count). The van der Waals surface area contributed by atoms with Gasteiger partial charge in [-0.15, -0.1) is 0 Å². The van der Waals surface area contributed by atoms with Gasteiger partial charge in [-0.25, -0.2) is 4.98 Å². The van der Waals surface area contributed by atoms with Gasteiger partial charge in [0.15, 0.2) is 0 Å². The zero-order valence-electron chi connectivity index (χ0n) is 9.67. The molecule has 0 bridgehead atoms. The fraction of sp³-hybridized carbons (Fsp3) is 0.231. The van der Waals surface area contributed by atoms with E-state index in [1.807, 2.05) is 23.6 Å². The lowest BCUT2D eigenvalue weighted by atomic mass is 10.1. The predicted molar refractivity (Wildman–Crippen MR) is 65.5 cm³/mol. The third-order valence-electron chi connectivity index (χ3n) is 2.76. The third kappa shape index (κ3) is 2.19. The molecular formula is C13H14N4. The number of hydrogen-bond donors (Lipinski definition) is 1. The van der Waals surface area contributed by atoms with Crippen molar-refractivity contribution >= 4 is 0 Å². The lowest BCUT2D eigenvalue weighted by Crippen LogP contribution is -2.13. The van der Waals surface area contributed by atoms with Crippen LogP contribution in [0.5, 0.6) is 0 Å². The van der Waals surface area contributed by atoms with E-state index in [0.29, 0.717) is 5.56 Å². The molecular weight excluding hydrogens is 212 g/mol. The van der Waals surface area contributed by atoms with Crippen molar-refractivity contribution in [1.82, 2.24) is 9.55 Å². The van der Waals surface area contributed by atoms with Crippen molar-refractivity contribution in [1.29, 1.82) is 5.26 Å². The van der Waals surface area contributed by atoms with E-state index in [1.165, 1.54) is 0 Å². The molecule has 0 amide bonds. The van der Waals surface area contributed by atoms with Gasteiger partial charge in [0.05, 0.1) is 29.9 Å². The van der Waals surface area contributed by atoms with Gasteiger partial charge < -0.3 is 10.3 Å². The summed E-state index contributed by atoms with van der Waals surface area (Å²) in [6.07, 6.45) is 4.39. The molecule has 0 saturated heterocycles. The first-order valence-electron chi connectivity index (χ1n) is 5.54. The number of hydrogen-bond acceptors (Lipinski definition) is 3. The first-order valence-corrected chi connectivity index (χ1v) is 5.54. The van der Waals surface area contributed by atoms with E-state index in [2.05, 4.69) is 11.1 Å². The SMILES string of the molecule is CC[C@@H](N)c1cncn1-c1ccc(C#N)cc1. The molecule has 0 radical (unpaired) electrons. The van der Waals surface area contributed by atoms with Gasteiger partial charge in [0, 0.05) is 11.7 Å². The molecule has 0 saturated carbocycles. The van der Waals surface area contributed by atoms with Crippen LogP contribution in [-0.2, 0) is 0 Å². The number of nitrogens with zero attached hydrogens (tertiary/aromatic N) is 3. The molecule has 1 aromatic heterocycles. The normalized spacial score (nSPS) is 12.1. The Morgan fingerprint density at radius 3 is 2.71 bits per heavy atom. The largest absolute Gasteiger partial charge is 0.323 e. The van der Waals surface area contributed by atoms with Crippen LogP contribution in [0, 0.1) is 11.3 Å². The topological polar surface area (TPSA) is 67.6 Å². The molecule has 4 nitrogen and oxygen atoms in total. The van der Waals surface area contributed by atoms with Gasteiger partial charge in [-0.05, 0) is 30.7 Å². The van der Waals surface area contributed by atoms with E-state index in [0.717, 1.165) is 17.8 Å². The van der Waals surface area contributed by atoms with Gasteiger partial charge in [0.25, 0.3) is 0 Å². The zero-order valence-corrected chi connectivity index (χ0v) is 9.67. The van der Waals surface area contributed by atoms with Gasteiger partial charge in [0.1, 0.15) is 0 Å². The highest BCUT2D eigenvalue weighted by molar-refractivity contribution is 5.40. The van der Waals surface area contributed by atoms with Crippen molar-refractivity contribution in [2.75, 3.05) is 0 Å². The Labute approximate surface area is 100 Å². The summed E-state index contributed by atoms with van der Waals surface area (Å²) in [6.45, 7) is 2.04. The van der Waals surface area contributed by atoms with Crippen molar-refractivity contribution in [3.05, 3.63) is 48.0 Å². The second-order valence-corrected chi connectivity index (χ2v) is 3.86. The molecule has 1 aromatic carbocycles. The van der Waals surface area contributed by atoms with Gasteiger partial charge >= 0.3 is 0 Å². The van der Waals surface area contributed by atoms with Gasteiger partial charge in [-0.3, -0.25) is 0 Å². The Kier molecular flexibility index (Phi) is 3.22. The molecule has 1 atom stereocenters. The van der Waals surface area contributed by atoms with E-state index in [1.54, 1.807) is 24.7 Å². The quantitative estimate of drug-likeness (QED) is 0.871. The number of aromatic nitrogens is 2. The second-order valence-electron chi connectivity index (χ2n) is 3.86. The molecule has 0 fully saturated rings. The Hall–Kier alpha value is -2.12. The van der Waals surface area contributed by atoms with Crippen molar-refractivity contribution in [2.45, 2.75) is 19.4 Å². The molecule has 0 unspecified atom stereocenters. The van der Waals surface area contributed by atoms with Crippen LogP contribution in [0.25, 0.3) is 5.69 Å². The number of imidazole rings is 1. The van der Waals surface area contributed by atoms with Crippen molar-refractivity contribution in [2.24, 2.45) is 5.73 Å². The second kappa shape index (κ2) is 4.81. The van der Waals surface area contributed by atoms with E-state index in [9.17, 15) is 0 Å². The number of nitrogens with two attached hydrogens (primary N) is 1. The Morgan fingerprint density at radius 2 is 2.12 bits per heavy atom. The number of nitriles is 1. The summed E-state index contributed by atoms with van der Waals surface area (Å²) in [6, 6.07) is 9.44. The standard InChI is InChI=1S/C13H14N4/c1-2-12(15)13-8-16-9-17(13)11-5-3-10(7-14)4-6-11/h3-6,8-9,12H,2,15H2,1H3/t12-/m1/s1. The maximum Gasteiger partial charge on any atom is 0.0994 e. The Morgan fingerprint density at radius 1 is 1.41 bits per heavy atom. The van der Waals surface area contributed by atoms with Gasteiger partial charge in [0.2, 0.25) is 0 Å². The van der Waals surface area contributed by atoms with Gasteiger partial charge in [-0.1, -0.05) is 6.92 Å². The summed E-state index contributed by atoms with van der Waals surface area (Å²) in [4.78, 5) is 4.13. The van der Waals surface area contributed by atoms with Gasteiger partial charge in [-0.2, -0.15) is 5.26 Å². The van der Waals surface area contributed by atoms with Crippen LogP contribution in [0.15, 0.2) is 36.8 Å². The summed E-state index contributed by atoms with van der Waals surface area (Å²) in [7, 11) is 0. The van der Waals surface area contributed by atoms with E-state index in [4.69, 9.17) is 11.0 Å². The molecule has 2 aromatic rings. The zero-order chi connectivity index (χ0) is 12.3. The fourth-order valence-corrected chi connectivity index (χ4v) is 1.70. The molecule has 86 valence electrons. The van der Waals surface area contributed by atoms with Crippen LogP contribution in [0.4, 0.5) is 0 Å². The minimum absolute atomic E-state index is 0.0202. The first-order chi connectivity index (χ1) is 8.26. The molecule has 1 heterocycles. The minimum atomic E-state index is -0.0202. The number of rotatable bonds is 3. The van der Waals surface area contributed by atoms with Crippen LogP contribution in [0.3, 0.4) is 0 Å². The molecule has 4 heteroatoms. The van der Waals surface area contributed by atoms with E-state index in [-0.39, 0.29) is 6.04 Å². The van der Waals surface area contributed by atoms with Crippen LogP contribution >= 0.6 is 0 Å². The average Bonchev–Trinajstić information content (AvgIpc) is 2.87.